The number of likely N-dealkylation sites (N-methyl/N-ethyl adjacent to an activating group) is 1. The molecule has 0 aliphatic rings. The van der Waals surface area contributed by atoms with Crippen molar-refractivity contribution in [3.8, 4) is 22.6 Å². The van der Waals surface area contributed by atoms with Crippen LogP contribution in [-0.4, -0.2) is 47.2 Å². The monoisotopic (exact) mass is 405 g/mol. The van der Waals surface area contributed by atoms with Crippen LogP contribution in [0.2, 0.25) is 0 Å². The zero-order valence-electron chi connectivity index (χ0n) is 16.6. The summed E-state index contributed by atoms with van der Waals surface area (Å²) in [6.45, 7) is 0.0455. The molecule has 0 radical (unpaired) electrons. The number of rotatable bonds is 7. The van der Waals surface area contributed by atoms with Gasteiger partial charge in [-0.1, -0.05) is 48.5 Å². The quantitative estimate of drug-likeness (QED) is 0.459. The number of hydroxylamine groups is 2. The molecule has 0 saturated carbocycles. The maximum absolute atomic E-state index is 13.0. The van der Waals surface area contributed by atoms with E-state index in [0.29, 0.717) is 16.4 Å². The number of carbonyl (C=O) groups is 2. The highest BCUT2D eigenvalue weighted by atomic mass is 16.5. The summed E-state index contributed by atoms with van der Waals surface area (Å²) in [5, 5.41) is 9.79. The van der Waals surface area contributed by atoms with Gasteiger partial charge in [0.2, 0.25) is 0 Å². The maximum Gasteiger partial charge on any atom is 0.338 e. The fraction of sp³-hybridized carbons (Fsp3) is 0.130. The van der Waals surface area contributed by atoms with E-state index in [9.17, 15) is 14.8 Å². The summed E-state index contributed by atoms with van der Waals surface area (Å²) < 4.78 is 5.90. The van der Waals surface area contributed by atoms with Gasteiger partial charge in [-0.05, 0) is 41.5 Å². The topological polar surface area (TPSA) is 96.1 Å². The van der Waals surface area contributed by atoms with Crippen LogP contribution in [0.5, 0.6) is 11.5 Å². The number of hydrogen-bond donors (Lipinski definition) is 2. The molecule has 3 amide bonds. The number of nitrogens with two attached hydrogens (primary N) is 1. The van der Waals surface area contributed by atoms with Gasteiger partial charge in [-0.3, -0.25) is 10.0 Å². The molecule has 3 N–H and O–H groups in total. The maximum atomic E-state index is 13.0. The molecule has 30 heavy (non-hydrogen) atoms. The third-order valence-corrected chi connectivity index (χ3v) is 4.53. The van der Waals surface area contributed by atoms with E-state index in [4.69, 9.17) is 10.5 Å². The smallest absolute Gasteiger partial charge is 0.338 e. The van der Waals surface area contributed by atoms with E-state index in [1.165, 1.54) is 4.90 Å². The Morgan fingerprint density at radius 3 is 2.30 bits per heavy atom. The van der Waals surface area contributed by atoms with Crippen molar-refractivity contribution in [3.63, 3.8) is 0 Å². The molecule has 0 heterocycles. The van der Waals surface area contributed by atoms with Crippen molar-refractivity contribution in [3.05, 3.63) is 84.4 Å². The Morgan fingerprint density at radius 1 is 0.900 bits per heavy atom. The van der Waals surface area contributed by atoms with Gasteiger partial charge in [0.25, 0.3) is 5.91 Å². The zero-order chi connectivity index (χ0) is 21.5. The number of carbonyl (C=O) groups excluding carboxylic acids is 2. The lowest BCUT2D eigenvalue weighted by molar-refractivity contribution is -0.0422. The molecule has 0 saturated heterocycles. The number of amides is 3. The summed E-state index contributed by atoms with van der Waals surface area (Å²) in [5.41, 5.74) is 7.09. The van der Waals surface area contributed by atoms with Crippen molar-refractivity contribution in [2.24, 2.45) is 5.73 Å². The molecule has 0 aromatic heterocycles. The van der Waals surface area contributed by atoms with Crippen LogP contribution in [-0.2, 0) is 0 Å². The van der Waals surface area contributed by atoms with Crippen LogP contribution in [0, 0.1) is 0 Å². The van der Waals surface area contributed by atoms with Gasteiger partial charge >= 0.3 is 6.03 Å². The fourth-order valence-electron chi connectivity index (χ4n) is 2.94. The molecular formula is C23H23N3O4. The third-order valence-electron chi connectivity index (χ3n) is 4.53. The van der Waals surface area contributed by atoms with E-state index in [2.05, 4.69) is 0 Å². The van der Waals surface area contributed by atoms with Crippen LogP contribution < -0.4 is 10.5 Å². The minimum absolute atomic E-state index is 0.0832. The van der Waals surface area contributed by atoms with Gasteiger partial charge in [-0.15, -0.1) is 0 Å². The minimum Gasteiger partial charge on any atom is -0.457 e. The molecule has 0 fully saturated rings. The van der Waals surface area contributed by atoms with Crippen LogP contribution in [0.1, 0.15) is 10.4 Å². The van der Waals surface area contributed by atoms with Crippen molar-refractivity contribution in [2.45, 2.75) is 0 Å². The number of nitrogens with zero attached hydrogens (tertiary/aromatic N) is 2. The highest BCUT2D eigenvalue weighted by molar-refractivity contribution is 6.00. The Hall–Kier alpha value is -3.84. The molecule has 3 aromatic carbocycles. The average molecular weight is 405 g/mol. The average Bonchev–Trinajstić information content (AvgIpc) is 2.77. The first-order valence-corrected chi connectivity index (χ1v) is 9.39. The van der Waals surface area contributed by atoms with Gasteiger partial charge in [0.15, 0.2) is 0 Å². The first-order chi connectivity index (χ1) is 14.5. The van der Waals surface area contributed by atoms with Crippen LogP contribution in [0.25, 0.3) is 11.1 Å². The van der Waals surface area contributed by atoms with Crippen LogP contribution >= 0.6 is 0 Å². The van der Waals surface area contributed by atoms with Crippen molar-refractivity contribution in [2.75, 3.05) is 20.1 Å². The second kappa shape index (κ2) is 9.58. The van der Waals surface area contributed by atoms with E-state index in [1.54, 1.807) is 19.2 Å². The number of urea groups is 1. The van der Waals surface area contributed by atoms with Gasteiger partial charge in [0.05, 0.1) is 6.54 Å². The summed E-state index contributed by atoms with van der Waals surface area (Å²) in [6.07, 6.45) is 0. The predicted molar refractivity (Wildman–Crippen MR) is 113 cm³/mol. The second-order valence-electron chi connectivity index (χ2n) is 6.68. The molecule has 0 aliphatic carbocycles. The summed E-state index contributed by atoms with van der Waals surface area (Å²) in [6, 6.07) is 23.3. The first-order valence-electron chi connectivity index (χ1n) is 9.39. The molecular weight excluding hydrogens is 382 g/mol. The van der Waals surface area contributed by atoms with Gasteiger partial charge in [-0.25, -0.2) is 9.86 Å². The van der Waals surface area contributed by atoms with Gasteiger partial charge in [-0.2, -0.15) is 0 Å². The molecule has 7 nitrogen and oxygen atoms in total. The van der Waals surface area contributed by atoms with E-state index >= 15 is 0 Å². The molecule has 0 aliphatic heterocycles. The molecule has 0 spiro atoms. The Balaban J connectivity index is 1.82. The fourth-order valence-corrected chi connectivity index (χ4v) is 2.94. The lowest BCUT2D eigenvalue weighted by atomic mass is 9.98. The molecule has 0 atom stereocenters. The van der Waals surface area contributed by atoms with Crippen molar-refractivity contribution >= 4 is 11.9 Å². The summed E-state index contributed by atoms with van der Waals surface area (Å²) >= 11 is 0. The number of ether oxygens (including phenoxy) is 1. The lowest BCUT2D eigenvalue weighted by Gasteiger charge is -2.21. The van der Waals surface area contributed by atoms with Crippen molar-refractivity contribution < 1.29 is 19.5 Å². The SMILES string of the molecule is CN(CCN(O)C(N)=O)C(=O)c1ccccc1-c1cccc(Oc2ccccc2)c1. The summed E-state index contributed by atoms with van der Waals surface area (Å²) in [4.78, 5) is 25.3. The van der Waals surface area contributed by atoms with Gasteiger partial charge in [0, 0.05) is 19.2 Å². The minimum atomic E-state index is -0.966. The number of primary amides is 1. The van der Waals surface area contributed by atoms with E-state index in [0.717, 1.165) is 16.9 Å². The van der Waals surface area contributed by atoms with Crippen molar-refractivity contribution in [1.82, 2.24) is 9.96 Å². The van der Waals surface area contributed by atoms with Crippen molar-refractivity contribution in [1.29, 1.82) is 0 Å². The molecule has 3 rings (SSSR count). The van der Waals surface area contributed by atoms with Gasteiger partial charge < -0.3 is 15.4 Å². The van der Waals surface area contributed by atoms with E-state index in [1.807, 2.05) is 66.7 Å². The Labute approximate surface area is 174 Å². The predicted octanol–water partition coefficient (Wildman–Crippen LogP) is 3.99. The van der Waals surface area contributed by atoms with Crippen LogP contribution in [0.15, 0.2) is 78.9 Å². The highest BCUT2D eigenvalue weighted by Crippen LogP contribution is 2.30. The largest absolute Gasteiger partial charge is 0.457 e. The Morgan fingerprint density at radius 2 is 1.57 bits per heavy atom. The molecule has 0 bridgehead atoms. The Kier molecular flexibility index (Phi) is 6.67. The number of benzene rings is 3. The molecule has 7 heteroatoms. The van der Waals surface area contributed by atoms with Crippen LogP contribution in [0.4, 0.5) is 4.79 Å². The third kappa shape index (κ3) is 5.15. The Bertz CT molecular complexity index is 1020. The normalized spacial score (nSPS) is 10.3. The summed E-state index contributed by atoms with van der Waals surface area (Å²) in [5.74, 6) is 1.14. The molecule has 0 unspecified atom stereocenters. The second-order valence-corrected chi connectivity index (χ2v) is 6.68. The van der Waals surface area contributed by atoms with E-state index < -0.39 is 6.03 Å². The van der Waals surface area contributed by atoms with Gasteiger partial charge in [0.1, 0.15) is 11.5 Å². The summed E-state index contributed by atoms with van der Waals surface area (Å²) in [7, 11) is 1.60. The number of hydrogen-bond acceptors (Lipinski definition) is 4. The van der Waals surface area contributed by atoms with E-state index in [-0.39, 0.29) is 19.0 Å². The molecule has 3 aromatic rings. The number of para-hydroxylation sites is 1. The van der Waals surface area contributed by atoms with Crippen LogP contribution in [0.3, 0.4) is 0 Å². The molecule has 154 valence electrons. The zero-order valence-corrected chi connectivity index (χ0v) is 16.6. The highest BCUT2D eigenvalue weighted by Gasteiger charge is 2.18. The standard InChI is InChI=1S/C23H23N3O4/c1-25(14-15-26(29)23(24)28)22(27)21-13-6-5-12-20(21)17-8-7-11-19(16-17)30-18-9-3-2-4-10-18/h2-13,16,29H,14-15H2,1H3,(H2,24,28). The lowest BCUT2D eigenvalue weighted by Crippen LogP contribution is -2.40. The first kappa shape index (κ1) is 20.9.